The molecule has 21 heavy (non-hydrogen) atoms. The second kappa shape index (κ2) is 6.83. The minimum absolute atomic E-state index is 0.184. The van der Waals surface area contributed by atoms with Crippen LogP contribution in [0.2, 0.25) is 0 Å². The number of hydrogen-bond donors (Lipinski definition) is 3. The average molecular weight is 291 g/mol. The lowest BCUT2D eigenvalue weighted by molar-refractivity contribution is 0.305. The molecule has 4 heteroatoms. The van der Waals surface area contributed by atoms with Gasteiger partial charge in [-0.15, -0.1) is 0 Å². The Balaban J connectivity index is 2.43. The van der Waals surface area contributed by atoms with Gasteiger partial charge in [0.15, 0.2) is 0 Å². The van der Waals surface area contributed by atoms with E-state index < -0.39 is 0 Å². The average Bonchev–Trinajstić information content (AvgIpc) is 2.42. The Hall–Kier alpha value is -1.71. The van der Waals surface area contributed by atoms with Crippen LogP contribution in [0.25, 0.3) is 0 Å². The number of nitrogens with one attached hydrogen (secondary N) is 1. The van der Waals surface area contributed by atoms with E-state index in [1.165, 1.54) is 5.56 Å². The summed E-state index contributed by atoms with van der Waals surface area (Å²) in [6.45, 7) is 11.5. The predicted octanol–water partition coefficient (Wildman–Crippen LogP) is 3.95. The zero-order valence-corrected chi connectivity index (χ0v) is 13.9. The molecule has 0 radical (unpaired) electrons. The molecule has 0 aliphatic rings. The number of anilines is 1. The molecule has 0 aliphatic carbocycles. The molecule has 0 aliphatic heterocycles. The van der Waals surface area contributed by atoms with E-state index in [-0.39, 0.29) is 16.7 Å². The van der Waals surface area contributed by atoms with Crippen molar-refractivity contribution in [2.45, 2.75) is 52.9 Å². The number of amidine groups is 1. The van der Waals surface area contributed by atoms with Crippen molar-refractivity contribution < 1.29 is 5.21 Å². The van der Waals surface area contributed by atoms with Gasteiger partial charge in [-0.2, -0.15) is 0 Å². The van der Waals surface area contributed by atoms with Crippen molar-refractivity contribution in [3.8, 4) is 0 Å². The van der Waals surface area contributed by atoms with Gasteiger partial charge >= 0.3 is 0 Å². The van der Waals surface area contributed by atoms with Gasteiger partial charge in [0, 0.05) is 17.6 Å². The van der Waals surface area contributed by atoms with Crippen LogP contribution in [0.15, 0.2) is 29.4 Å². The van der Waals surface area contributed by atoms with Crippen LogP contribution in [0, 0.1) is 5.41 Å². The van der Waals surface area contributed by atoms with Gasteiger partial charge in [0.2, 0.25) is 0 Å². The molecule has 0 heterocycles. The normalized spacial score (nSPS) is 13.3. The van der Waals surface area contributed by atoms with Gasteiger partial charge < -0.3 is 16.3 Å². The zero-order chi connectivity index (χ0) is 16.1. The van der Waals surface area contributed by atoms with Gasteiger partial charge in [0.1, 0.15) is 5.84 Å². The SMILES string of the molecule is CC(C)(CCCNc1ccc(C(C)(C)C)cc1)C(N)=NO. The molecule has 0 amide bonds. The third-order valence-electron chi connectivity index (χ3n) is 3.86. The number of hydrogen-bond acceptors (Lipinski definition) is 3. The van der Waals surface area contributed by atoms with E-state index in [0.717, 1.165) is 25.1 Å². The monoisotopic (exact) mass is 291 g/mol. The first-order valence-corrected chi connectivity index (χ1v) is 7.49. The Morgan fingerprint density at radius 1 is 1.14 bits per heavy atom. The summed E-state index contributed by atoms with van der Waals surface area (Å²) in [4.78, 5) is 0. The van der Waals surface area contributed by atoms with E-state index in [1.807, 2.05) is 13.8 Å². The van der Waals surface area contributed by atoms with Crippen LogP contribution in [0.4, 0.5) is 5.69 Å². The Kier molecular flexibility index (Phi) is 5.64. The molecule has 4 nitrogen and oxygen atoms in total. The van der Waals surface area contributed by atoms with Gasteiger partial charge in [-0.05, 0) is 36.0 Å². The van der Waals surface area contributed by atoms with E-state index in [2.05, 4.69) is 55.5 Å². The highest BCUT2D eigenvalue weighted by atomic mass is 16.4. The molecule has 0 unspecified atom stereocenters. The summed E-state index contributed by atoms with van der Waals surface area (Å²) in [7, 11) is 0. The molecule has 1 rings (SSSR count). The number of nitrogens with zero attached hydrogens (tertiary/aromatic N) is 1. The summed E-state index contributed by atoms with van der Waals surface area (Å²) in [5.41, 5.74) is 8.06. The van der Waals surface area contributed by atoms with Gasteiger partial charge in [-0.1, -0.05) is 51.9 Å². The predicted molar refractivity (Wildman–Crippen MR) is 90.1 cm³/mol. The second-order valence-electron chi connectivity index (χ2n) is 7.23. The second-order valence-corrected chi connectivity index (χ2v) is 7.23. The number of oxime groups is 1. The van der Waals surface area contributed by atoms with E-state index >= 15 is 0 Å². The maximum absolute atomic E-state index is 8.74. The summed E-state index contributed by atoms with van der Waals surface area (Å²) in [5.74, 6) is 0.289. The van der Waals surface area contributed by atoms with Crippen molar-refractivity contribution in [1.82, 2.24) is 0 Å². The molecule has 118 valence electrons. The first kappa shape index (κ1) is 17.3. The molecule has 0 saturated carbocycles. The van der Waals surface area contributed by atoms with Gasteiger partial charge in [0.25, 0.3) is 0 Å². The molecule has 0 fully saturated rings. The minimum atomic E-state index is -0.271. The van der Waals surface area contributed by atoms with E-state index in [1.54, 1.807) is 0 Å². The Bertz CT molecular complexity index is 470. The number of benzene rings is 1. The summed E-state index contributed by atoms with van der Waals surface area (Å²) in [6.07, 6.45) is 1.83. The summed E-state index contributed by atoms with van der Waals surface area (Å²) < 4.78 is 0. The van der Waals surface area contributed by atoms with Crippen LogP contribution in [0.5, 0.6) is 0 Å². The van der Waals surface area contributed by atoms with Crippen LogP contribution in [0.1, 0.15) is 53.0 Å². The number of nitrogens with two attached hydrogens (primary N) is 1. The molecule has 1 aromatic carbocycles. The molecular weight excluding hydrogens is 262 g/mol. The molecule has 0 bridgehead atoms. The lowest BCUT2D eigenvalue weighted by Crippen LogP contribution is -2.32. The highest BCUT2D eigenvalue weighted by molar-refractivity contribution is 5.85. The van der Waals surface area contributed by atoms with Crippen LogP contribution in [-0.4, -0.2) is 17.6 Å². The van der Waals surface area contributed by atoms with Crippen molar-refractivity contribution in [2.24, 2.45) is 16.3 Å². The number of rotatable bonds is 6. The summed E-state index contributed by atoms with van der Waals surface area (Å²) in [5, 5.41) is 15.3. The van der Waals surface area contributed by atoms with Crippen LogP contribution >= 0.6 is 0 Å². The summed E-state index contributed by atoms with van der Waals surface area (Å²) in [6, 6.07) is 8.58. The van der Waals surface area contributed by atoms with E-state index in [4.69, 9.17) is 10.9 Å². The first-order chi connectivity index (χ1) is 9.66. The maximum Gasteiger partial charge on any atom is 0.144 e. The first-order valence-electron chi connectivity index (χ1n) is 7.49. The van der Waals surface area contributed by atoms with Crippen molar-refractivity contribution in [3.63, 3.8) is 0 Å². The quantitative estimate of drug-likeness (QED) is 0.244. The third kappa shape index (κ3) is 5.29. The zero-order valence-electron chi connectivity index (χ0n) is 13.9. The molecule has 4 N–H and O–H groups in total. The lowest BCUT2D eigenvalue weighted by Gasteiger charge is -2.23. The lowest BCUT2D eigenvalue weighted by atomic mass is 9.86. The van der Waals surface area contributed by atoms with Gasteiger partial charge in [-0.25, -0.2) is 0 Å². The molecule has 1 aromatic rings. The van der Waals surface area contributed by atoms with Gasteiger partial charge in [-0.3, -0.25) is 0 Å². The molecule has 0 spiro atoms. The van der Waals surface area contributed by atoms with Crippen LogP contribution in [0.3, 0.4) is 0 Å². The fourth-order valence-electron chi connectivity index (χ4n) is 2.11. The van der Waals surface area contributed by atoms with Crippen LogP contribution in [-0.2, 0) is 5.41 Å². The van der Waals surface area contributed by atoms with Crippen molar-refractivity contribution in [1.29, 1.82) is 0 Å². The van der Waals surface area contributed by atoms with Gasteiger partial charge in [0.05, 0.1) is 0 Å². The molecular formula is C17H29N3O. The smallest absolute Gasteiger partial charge is 0.144 e. The maximum atomic E-state index is 8.74. The minimum Gasteiger partial charge on any atom is -0.409 e. The van der Waals surface area contributed by atoms with E-state index in [9.17, 15) is 0 Å². The van der Waals surface area contributed by atoms with Crippen molar-refractivity contribution in [2.75, 3.05) is 11.9 Å². The topological polar surface area (TPSA) is 70.6 Å². The fraction of sp³-hybridized carbons (Fsp3) is 0.588. The highest BCUT2D eigenvalue weighted by Gasteiger charge is 2.22. The Labute approximate surface area is 128 Å². The Morgan fingerprint density at radius 3 is 2.19 bits per heavy atom. The summed E-state index contributed by atoms with van der Waals surface area (Å²) >= 11 is 0. The highest BCUT2D eigenvalue weighted by Crippen LogP contribution is 2.24. The van der Waals surface area contributed by atoms with Crippen LogP contribution < -0.4 is 11.1 Å². The third-order valence-corrected chi connectivity index (χ3v) is 3.86. The van der Waals surface area contributed by atoms with E-state index in [0.29, 0.717) is 0 Å². The largest absolute Gasteiger partial charge is 0.409 e. The molecule has 0 saturated heterocycles. The standard InChI is InChI=1S/C17H29N3O/c1-16(2,3)13-7-9-14(10-8-13)19-12-6-11-17(4,5)15(18)20-21/h7-10,19,21H,6,11-12H2,1-5H3,(H2,18,20). The Morgan fingerprint density at radius 2 is 1.71 bits per heavy atom. The molecule has 0 atom stereocenters. The fourth-order valence-corrected chi connectivity index (χ4v) is 2.11. The van der Waals surface area contributed by atoms with Crippen molar-refractivity contribution >= 4 is 11.5 Å². The molecule has 0 aromatic heterocycles. The van der Waals surface area contributed by atoms with Crippen molar-refractivity contribution in [3.05, 3.63) is 29.8 Å².